The van der Waals surface area contributed by atoms with Crippen LogP contribution in [0.15, 0.2) is 78.9 Å². The molecule has 3 aromatic rings. The van der Waals surface area contributed by atoms with E-state index in [1.165, 1.54) is 6.07 Å². The number of rotatable bonds is 9. The minimum atomic E-state index is -3.55. The predicted molar refractivity (Wildman–Crippen MR) is 119 cm³/mol. The zero-order valence-corrected chi connectivity index (χ0v) is 17.5. The number of benzene rings is 3. The summed E-state index contributed by atoms with van der Waals surface area (Å²) in [6.07, 6.45) is 0.720. The Morgan fingerprint density at radius 1 is 0.900 bits per heavy atom. The van der Waals surface area contributed by atoms with E-state index in [9.17, 15) is 18.6 Å². The number of nitrogens with one attached hydrogen (secondary N) is 2. The van der Waals surface area contributed by atoms with E-state index in [-0.39, 0.29) is 29.6 Å². The lowest BCUT2D eigenvalue weighted by Crippen LogP contribution is -2.28. The van der Waals surface area contributed by atoms with Gasteiger partial charge in [-0.25, -0.2) is 8.42 Å². The molecule has 2 unspecified atom stereocenters. The molecule has 7 heteroatoms. The van der Waals surface area contributed by atoms with Gasteiger partial charge in [-0.2, -0.15) is 0 Å². The van der Waals surface area contributed by atoms with Crippen LogP contribution < -0.4 is 10.0 Å². The molecule has 4 N–H and O–H groups in total. The summed E-state index contributed by atoms with van der Waals surface area (Å²) in [6.45, 7) is 0.183. The largest absolute Gasteiger partial charge is 0.505 e. The van der Waals surface area contributed by atoms with Crippen molar-refractivity contribution in [1.29, 1.82) is 0 Å². The molecule has 0 aliphatic rings. The highest BCUT2D eigenvalue weighted by molar-refractivity contribution is 7.92. The number of hydrogen-bond donors (Lipinski definition) is 4. The minimum Gasteiger partial charge on any atom is -0.505 e. The molecule has 158 valence electrons. The van der Waals surface area contributed by atoms with Gasteiger partial charge >= 0.3 is 0 Å². The average Bonchev–Trinajstić information content (AvgIpc) is 2.73. The van der Waals surface area contributed by atoms with Gasteiger partial charge in [0.1, 0.15) is 5.75 Å². The normalized spacial score (nSPS) is 13.5. The van der Waals surface area contributed by atoms with Crippen LogP contribution in [0.5, 0.6) is 5.75 Å². The molecule has 0 heterocycles. The molecule has 0 fully saturated rings. The van der Waals surface area contributed by atoms with Gasteiger partial charge < -0.3 is 15.5 Å². The number of anilines is 1. The fourth-order valence-electron chi connectivity index (χ4n) is 3.32. The molecule has 0 saturated heterocycles. The first-order valence-electron chi connectivity index (χ1n) is 9.63. The Hall–Kier alpha value is -2.87. The molecule has 2 atom stereocenters. The van der Waals surface area contributed by atoms with E-state index >= 15 is 0 Å². The summed E-state index contributed by atoms with van der Waals surface area (Å²) in [5, 5.41) is 24.5. The second-order valence-corrected chi connectivity index (χ2v) is 8.94. The van der Waals surface area contributed by atoms with Gasteiger partial charge in [0.2, 0.25) is 10.0 Å². The van der Waals surface area contributed by atoms with E-state index in [1.807, 2.05) is 48.5 Å². The summed E-state index contributed by atoms with van der Waals surface area (Å²) in [5.41, 5.74) is 2.54. The van der Waals surface area contributed by atoms with Crippen LogP contribution in [0.25, 0.3) is 0 Å². The van der Waals surface area contributed by atoms with Crippen LogP contribution >= 0.6 is 0 Å². The highest BCUT2D eigenvalue weighted by Crippen LogP contribution is 2.32. The van der Waals surface area contributed by atoms with Gasteiger partial charge in [-0.1, -0.05) is 72.8 Å². The van der Waals surface area contributed by atoms with E-state index < -0.39 is 16.1 Å². The quantitative estimate of drug-likeness (QED) is 0.393. The zero-order chi connectivity index (χ0) is 21.6. The maximum atomic E-state index is 11.5. The molecule has 6 nitrogen and oxygen atoms in total. The van der Waals surface area contributed by atoms with Crippen molar-refractivity contribution in [2.24, 2.45) is 0 Å². The topological polar surface area (TPSA) is 98.7 Å². The third-order valence-electron chi connectivity index (χ3n) is 4.76. The Morgan fingerprint density at radius 3 is 2.17 bits per heavy atom. The average molecular weight is 427 g/mol. The SMILES string of the molecule is CS(=O)(=O)Nc1cccc(C(O)CNC(Cc2ccccc2)c2ccccc2)c1O. The molecule has 0 aliphatic heterocycles. The second-order valence-electron chi connectivity index (χ2n) is 7.19. The van der Waals surface area contributed by atoms with Gasteiger partial charge in [0, 0.05) is 18.2 Å². The molecule has 0 aromatic heterocycles. The number of hydrogen-bond acceptors (Lipinski definition) is 5. The predicted octanol–water partition coefficient (Wildman–Crippen LogP) is 3.37. The van der Waals surface area contributed by atoms with Crippen LogP contribution in [0.4, 0.5) is 5.69 Å². The van der Waals surface area contributed by atoms with Gasteiger partial charge in [-0.3, -0.25) is 4.72 Å². The Bertz CT molecular complexity index is 1060. The first kappa shape index (κ1) is 21.8. The fourth-order valence-corrected chi connectivity index (χ4v) is 3.88. The number of phenolic OH excluding ortho intramolecular Hbond substituents is 1. The zero-order valence-electron chi connectivity index (χ0n) is 16.7. The monoisotopic (exact) mass is 426 g/mol. The highest BCUT2D eigenvalue weighted by Gasteiger charge is 2.19. The van der Waals surface area contributed by atoms with Crippen molar-refractivity contribution >= 4 is 15.7 Å². The van der Waals surface area contributed by atoms with E-state index in [0.717, 1.165) is 23.8 Å². The number of aromatic hydroxyl groups is 1. The van der Waals surface area contributed by atoms with Crippen LogP contribution in [0.3, 0.4) is 0 Å². The van der Waals surface area contributed by atoms with Crippen LogP contribution in [-0.4, -0.2) is 31.4 Å². The van der Waals surface area contributed by atoms with Gasteiger partial charge in [0.15, 0.2) is 0 Å². The number of aliphatic hydroxyl groups excluding tert-OH is 1. The van der Waals surface area contributed by atoms with Crippen molar-refractivity contribution in [2.45, 2.75) is 18.6 Å². The van der Waals surface area contributed by atoms with E-state index in [2.05, 4.69) is 22.2 Å². The molecule has 3 aromatic carbocycles. The second kappa shape index (κ2) is 9.75. The first-order valence-corrected chi connectivity index (χ1v) is 11.5. The molecule has 0 bridgehead atoms. The lowest BCUT2D eigenvalue weighted by atomic mass is 9.98. The Morgan fingerprint density at radius 2 is 1.53 bits per heavy atom. The number of sulfonamides is 1. The van der Waals surface area contributed by atoms with Crippen molar-refractivity contribution < 1.29 is 18.6 Å². The fraction of sp³-hybridized carbons (Fsp3) is 0.217. The summed E-state index contributed by atoms with van der Waals surface area (Å²) in [6, 6.07) is 24.6. The highest BCUT2D eigenvalue weighted by atomic mass is 32.2. The molecule has 0 spiro atoms. The maximum absolute atomic E-state index is 11.5. The van der Waals surface area contributed by atoms with Gasteiger partial charge in [-0.15, -0.1) is 0 Å². The third kappa shape index (κ3) is 6.06. The molecule has 30 heavy (non-hydrogen) atoms. The minimum absolute atomic E-state index is 0.0391. The molecule has 3 rings (SSSR count). The van der Waals surface area contributed by atoms with Crippen molar-refractivity contribution in [2.75, 3.05) is 17.5 Å². The van der Waals surface area contributed by atoms with Crippen molar-refractivity contribution in [3.05, 3.63) is 95.6 Å². The third-order valence-corrected chi connectivity index (χ3v) is 5.35. The van der Waals surface area contributed by atoms with Crippen LogP contribution in [0, 0.1) is 0 Å². The molecule has 0 saturated carbocycles. The Balaban J connectivity index is 1.76. The lowest BCUT2D eigenvalue weighted by Gasteiger charge is -2.22. The van der Waals surface area contributed by atoms with E-state index in [4.69, 9.17) is 0 Å². The van der Waals surface area contributed by atoms with E-state index in [1.54, 1.807) is 12.1 Å². The van der Waals surface area contributed by atoms with E-state index in [0.29, 0.717) is 0 Å². The summed E-state index contributed by atoms with van der Waals surface area (Å²) in [7, 11) is -3.55. The summed E-state index contributed by atoms with van der Waals surface area (Å²) >= 11 is 0. The Kier molecular flexibility index (Phi) is 7.10. The summed E-state index contributed by atoms with van der Waals surface area (Å²) in [4.78, 5) is 0. The van der Waals surface area contributed by atoms with Crippen LogP contribution in [0.2, 0.25) is 0 Å². The smallest absolute Gasteiger partial charge is 0.229 e. The number of aliphatic hydroxyl groups is 1. The number of phenols is 1. The first-order chi connectivity index (χ1) is 14.3. The molecule has 0 aliphatic carbocycles. The van der Waals surface area contributed by atoms with Gasteiger partial charge in [0.25, 0.3) is 0 Å². The maximum Gasteiger partial charge on any atom is 0.229 e. The van der Waals surface area contributed by atoms with Crippen molar-refractivity contribution in [3.8, 4) is 5.75 Å². The van der Waals surface area contributed by atoms with Crippen molar-refractivity contribution in [3.63, 3.8) is 0 Å². The summed E-state index contributed by atoms with van der Waals surface area (Å²) < 4.78 is 25.2. The summed E-state index contributed by atoms with van der Waals surface area (Å²) in [5.74, 6) is -0.281. The molecule has 0 amide bonds. The lowest BCUT2D eigenvalue weighted by molar-refractivity contribution is 0.166. The molecular weight excluding hydrogens is 400 g/mol. The van der Waals surface area contributed by atoms with Gasteiger partial charge in [-0.05, 0) is 23.6 Å². The van der Waals surface area contributed by atoms with Crippen molar-refractivity contribution in [1.82, 2.24) is 5.32 Å². The van der Waals surface area contributed by atoms with Crippen LogP contribution in [0.1, 0.15) is 28.8 Å². The number of para-hydroxylation sites is 1. The standard InChI is InChI=1S/C23H26N2O4S/c1-30(28,29)25-20-14-8-13-19(23(20)27)22(26)16-24-21(18-11-6-3-7-12-18)15-17-9-4-2-5-10-17/h2-14,21-22,24-27H,15-16H2,1H3. The van der Waals surface area contributed by atoms with Gasteiger partial charge in [0.05, 0.1) is 18.0 Å². The Labute approximate surface area is 177 Å². The van der Waals surface area contributed by atoms with Crippen LogP contribution in [-0.2, 0) is 16.4 Å². The molecular formula is C23H26N2O4S. The molecule has 0 radical (unpaired) electrons.